The maximum absolute atomic E-state index is 6.31. The molecule has 46 heavy (non-hydrogen) atoms. The van der Waals surface area contributed by atoms with E-state index in [9.17, 15) is 0 Å². The van der Waals surface area contributed by atoms with Crippen LogP contribution in [0.25, 0.3) is 50.0 Å². The van der Waals surface area contributed by atoms with E-state index in [-0.39, 0.29) is 6.17 Å². The Bertz CT molecular complexity index is 2370. The molecule has 0 bridgehead atoms. The summed E-state index contributed by atoms with van der Waals surface area (Å²) in [5, 5.41) is 5.95. The molecule has 1 N–H and O–H groups in total. The number of benzene rings is 5. The highest BCUT2D eigenvalue weighted by Crippen LogP contribution is 2.39. The van der Waals surface area contributed by atoms with Gasteiger partial charge in [0.15, 0.2) is 11.4 Å². The lowest BCUT2D eigenvalue weighted by atomic mass is 10.0. The molecule has 1 atom stereocenters. The normalized spacial score (nSPS) is 16.3. The summed E-state index contributed by atoms with van der Waals surface area (Å²) in [7, 11) is 0. The predicted molar refractivity (Wildman–Crippen MR) is 187 cm³/mol. The molecule has 7 aromatic rings. The van der Waals surface area contributed by atoms with Gasteiger partial charge in [0, 0.05) is 22.0 Å². The van der Waals surface area contributed by atoms with Crippen molar-refractivity contribution in [1.82, 2.24) is 14.9 Å². The minimum absolute atomic E-state index is 0.238. The monoisotopic (exact) mass is 595 g/mol. The molecule has 6 nitrogen and oxygen atoms in total. The fourth-order valence-electron chi connectivity index (χ4n) is 6.57. The third kappa shape index (κ3) is 4.46. The van der Waals surface area contributed by atoms with Crippen molar-refractivity contribution in [2.75, 3.05) is 0 Å². The van der Waals surface area contributed by atoms with Gasteiger partial charge >= 0.3 is 0 Å². The van der Waals surface area contributed by atoms with Gasteiger partial charge in [-0.25, -0.2) is 15.0 Å². The van der Waals surface area contributed by atoms with E-state index >= 15 is 0 Å². The molecule has 3 heterocycles. The zero-order chi connectivity index (χ0) is 30.5. The molecule has 1 unspecified atom stereocenters. The van der Waals surface area contributed by atoms with E-state index in [1.54, 1.807) is 0 Å². The molecule has 9 rings (SSSR count). The molecule has 0 fully saturated rings. The van der Waals surface area contributed by atoms with Crippen LogP contribution in [0.5, 0.6) is 0 Å². The van der Waals surface area contributed by atoms with Crippen LogP contribution in [0.15, 0.2) is 160 Å². The number of aromatic nitrogens is 2. The van der Waals surface area contributed by atoms with Crippen molar-refractivity contribution < 1.29 is 4.42 Å². The van der Waals surface area contributed by atoms with Gasteiger partial charge in [0.2, 0.25) is 5.89 Å². The first-order valence-electron chi connectivity index (χ1n) is 15.6. The first-order chi connectivity index (χ1) is 22.8. The van der Waals surface area contributed by atoms with Crippen molar-refractivity contribution in [2.24, 2.45) is 9.98 Å². The zero-order valence-electron chi connectivity index (χ0n) is 25.0. The predicted octanol–water partition coefficient (Wildman–Crippen LogP) is 9.32. The minimum Gasteiger partial charge on any atom is -0.436 e. The lowest BCUT2D eigenvalue weighted by Gasteiger charge is -2.25. The molecular weight excluding hydrogens is 566 g/mol. The number of rotatable bonds is 5. The third-order valence-corrected chi connectivity index (χ3v) is 8.76. The van der Waals surface area contributed by atoms with E-state index in [0.29, 0.717) is 5.89 Å². The van der Waals surface area contributed by atoms with Crippen LogP contribution < -0.4 is 5.32 Å². The van der Waals surface area contributed by atoms with Gasteiger partial charge in [-0.2, -0.15) is 0 Å². The van der Waals surface area contributed by atoms with Crippen LogP contribution in [0.3, 0.4) is 0 Å². The van der Waals surface area contributed by atoms with Gasteiger partial charge < -0.3 is 14.3 Å². The largest absolute Gasteiger partial charge is 0.436 e. The number of para-hydroxylation sites is 4. The average Bonchev–Trinajstić information content (AvgIpc) is 3.72. The van der Waals surface area contributed by atoms with Crippen LogP contribution in [0.2, 0.25) is 0 Å². The van der Waals surface area contributed by atoms with Gasteiger partial charge in [0.1, 0.15) is 17.5 Å². The maximum Gasteiger partial charge on any atom is 0.229 e. The molecule has 2 aromatic heterocycles. The molecule has 6 heteroatoms. The van der Waals surface area contributed by atoms with E-state index in [1.165, 1.54) is 5.39 Å². The van der Waals surface area contributed by atoms with E-state index < -0.39 is 0 Å². The number of nitrogens with one attached hydrogen (secondary N) is 1. The van der Waals surface area contributed by atoms with E-state index in [2.05, 4.69) is 119 Å². The minimum atomic E-state index is -0.238. The van der Waals surface area contributed by atoms with Gasteiger partial charge in [0.25, 0.3) is 0 Å². The Morgan fingerprint density at radius 2 is 1.61 bits per heavy atom. The topological polar surface area (TPSA) is 67.7 Å². The molecule has 220 valence electrons. The standard InChI is InChI=1S/C40H29N5O/c1-3-13-26(14-4-1)37-42-38(27-15-5-2-6-16-27)44-39(43-37)28-17-11-18-29(25-28)45-34-23-9-7-19-30(34)31-20-12-21-32(36(31)45)40-41-33-22-8-10-24-35(33)46-40/h1-5,7-15,17-25,37H,6,16H2,(H,42,43,44). The van der Waals surface area contributed by atoms with Crippen molar-refractivity contribution in [3.63, 3.8) is 0 Å². The maximum atomic E-state index is 6.31. The molecule has 0 saturated carbocycles. The van der Waals surface area contributed by atoms with Gasteiger partial charge in [-0.1, -0.05) is 103 Å². The van der Waals surface area contributed by atoms with Crippen LogP contribution in [-0.4, -0.2) is 21.2 Å². The third-order valence-electron chi connectivity index (χ3n) is 8.76. The smallest absolute Gasteiger partial charge is 0.229 e. The van der Waals surface area contributed by atoms with Crippen LogP contribution >= 0.6 is 0 Å². The second-order valence-electron chi connectivity index (χ2n) is 11.6. The van der Waals surface area contributed by atoms with Crippen molar-refractivity contribution in [3.05, 3.63) is 156 Å². The molecule has 2 aliphatic rings. The Labute approximate surface area is 265 Å². The van der Waals surface area contributed by atoms with Crippen LogP contribution in [0.1, 0.15) is 30.1 Å². The number of amidine groups is 2. The quantitative estimate of drug-likeness (QED) is 0.216. The van der Waals surface area contributed by atoms with Gasteiger partial charge in [-0.15, -0.1) is 0 Å². The van der Waals surface area contributed by atoms with Crippen molar-refractivity contribution >= 4 is 44.6 Å². The van der Waals surface area contributed by atoms with Crippen molar-refractivity contribution in [1.29, 1.82) is 0 Å². The number of allylic oxidation sites excluding steroid dienone is 3. The highest BCUT2D eigenvalue weighted by atomic mass is 16.3. The van der Waals surface area contributed by atoms with Gasteiger partial charge in [0.05, 0.1) is 16.6 Å². The fourth-order valence-corrected chi connectivity index (χ4v) is 6.57. The Balaban J connectivity index is 1.22. The first kappa shape index (κ1) is 26.4. The van der Waals surface area contributed by atoms with Gasteiger partial charge in [-0.05, 0) is 60.4 Å². The van der Waals surface area contributed by atoms with Crippen molar-refractivity contribution in [3.8, 4) is 17.1 Å². The lowest BCUT2D eigenvalue weighted by Crippen LogP contribution is -2.33. The molecule has 1 aliphatic heterocycles. The number of hydrogen-bond acceptors (Lipinski definition) is 5. The summed E-state index contributed by atoms with van der Waals surface area (Å²) in [6.07, 6.45) is 8.11. The summed E-state index contributed by atoms with van der Waals surface area (Å²) in [4.78, 5) is 15.1. The zero-order valence-corrected chi connectivity index (χ0v) is 25.0. The van der Waals surface area contributed by atoms with E-state index in [0.717, 1.165) is 80.0 Å². The number of hydrogen-bond donors (Lipinski definition) is 1. The highest BCUT2D eigenvalue weighted by molar-refractivity contribution is 6.15. The highest BCUT2D eigenvalue weighted by Gasteiger charge is 2.24. The number of aliphatic imine (C=N–C) groups is 2. The summed E-state index contributed by atoms with van der Waals surface area (Å²) in [6, 6.07) is 41.7. The SMILES string of the molecule is C1=CCCC(C2=NC(c3ccccc3)NC(c3cccc(-n4c5ccccc5c5cccc(-c6nc7ccccc7o6)c54)c3)=N2)=C1. The van der Waals surface area contributed by atoms with Gasteiger partial charge in [-0.3, -0.25) is 0 Å². The number of oxazole rings is 1. The molecule has 1 aliphatic carbocycles. The Hall–Kier alpha value is -6.01. The molecular formula is C40H29N5O. The summed E-state index contributed by atoms with van der Waals surface area (Å²) >= 11 is 0. The molecule has 0 radical (unpaired) electrons. The fraction of sp³-hybridized carbons (Fsp3) is 0.0750. The second-order valence-corrected chi connectivity index (χ2v) is 11.6. The summed E-state index contributed by atoms with van der Waals surface area (Å²) < 4.78 is 8.63. The van der Waals surface area contributed by atoms with Crippen LogP contribution in [0, 0.1) is 0 Å². The summed E-state index contributed by atoms with van der Waals surface area (Å²) in [5.74, 6) is 2.19. The second kappa shape index (κ2) is 10.9. The average molecular weight is 596 g/mol. The van der Waals surface area contributed by atoms with E-state index in [1.807, 2.05) is 30.3 Å². The molecule has 0 saturated heterocycles. The number of nitrogens with zero attached hydrogens (tertiary/aromatic N) is 4. The summed E-state index contributed by atoms with van der Waals surface area (Å²) in [6.45, 7) is 0. The van der Waals surface area contributed by atoms with Crippen LogP contribution in [0.4, 0.5) is 0 Å². The lowest BCUT2D eigenvalue weighted by molar-refractivity contribution is 0.620. The Morgan fingerprint density at radius 1 is 0.783 bits per heavy atom. The Kier molecular flexibility index (Phi) is 6.23. The first-order valence-corrected chi connectivity index (χ1v) is 15.6. The Morgan fingerprint density at radius 3 is 2.50 bits per heavy atom. The molecule has 0 amide bonds. The summed E-state index contributed by atoms with van der Waals surface area (Å²) in [5.41, 5.74) is 8.99. The van der Waals surface area contributed by atoms with Crippen LogP contribution in [-0.2, 0) is 0 Å². The van der Waals surface area contributed by atoms with E-state index in [4.69, 9.17) is 19.4 Å². The molecule has 5 aromatic carbocycles. The molecule has 0 spiro atoms. The number of fused-ring (bicyclic) bond motifs is 4. The van der Waals surface area contributed by atoms with Crippen molar-refractivity contribution in [2.45, 2.75) is 19.0 Å².